The Morgan fingerprint density at radius 3 is 2.82 bits per heavy atom. The number of hydrogen-bond donors (Lipinski definition) is 1. The number of aryl methyl sites for hydroxylation is 1. The van der Waals surface area contributed by atoms with E-state index in [-0.39, 0.29) is 11.5 Å². The molecule has 1 aromatic rings. The lowest BCUT2D eigenvalue weighted by molar-refractivity contribution is -0.132. The minimum atomic E-state index is -0.0886. The summed E-state index contributed by atoms with van der Waals surface area (Å²) >= 11 is 1.32. The molecule has 22 heavy (non-hydrogen) atoms. The number of nitrogens with zero attached hydrogens (tertiary/aromatic N) is 2. The molecule has 1 saturated heterocycles. The van der Waals surface area contributed by atoms with Gasteiger partial charge in [-0.15, -0.1) is 0 Å². The second-order valence-electron chi connectivity index (χ2n) is 5.72. The highest BCUT2D eigenvalue weighted by atomic mass is 32.2. The van der Waals surface area contributed by atoms with Crippen LogP contribution in [0.15, 0.2) is 9.95 Å². The minimum absolute atomic E-state index is 0.0886. The Morgan fingerprint density at radius 1 is 1.41 bits per heavy atom. The number of carbonyl (C=O) groups excluding carboxylic acids is 1. The molecular weight excluding hydrogens is 298 g/mol. The van der Waals surface area contributed by atoms with Crippen LogP contribution in [-0.4, -0.2) is 39.1 Å². The van der Waals surface area contributed by atoms with E-state index < -0.39 is 0 Å². The van der Waals surface area contributed by atoms with Gasteiger partial charge in [0.15, 0.2) is 5.16 Å². The van der Waals surface area contributed by atoms with Crippen molar-refractivity contribution in [3.63, 3.8) is 0 Å². The molecule has 6 heteroatoms. The third kappa shape index (κ3) is 3.91. The molecule has 1 amide bonds. The quantitative estimate of drug-likeness (QED) is 0.668. The first-order valence-corrected chi connectivity index (χ1v) is 9.07. The van der Waals surface area contributed by atoms with E-state index in [0.29, 0.717) is 23.4 Å². The van der Waals surface area contributed by atoms with Crippen LogP contribution in [0.2, 0.25) is 0 Å². The monoisotopic (exact) mass is 323 g/mol. The molecule has 1 aliphatic rings. The van der Waals surface area contributed by atoms with Crippen molar-refractivity contribution in [3.8, 4) is 0 Å². The van der Waals surface area contributed by atoms with E-state index >= 15 is 0 Å². The van der Waals surface area contributed by atoms with Gasteiger partial charge in [0.2, 0.25) is 5.91 Å². The Labute approximate surface area is 135 Å². The van der Waals surface area contributed by atoms with Crippen molar-refractivity contribution in [2.45, 2.75) is 64.1 Å². The van der Waals surface area contributed by atoms with E-state index in [2.05, 4.69) is 16.9 Å². The zero-order valence-corrected chi connectivity index (χ0v) is 14.5. The number of rotatable bonds is 5. The predicted octanol–water partition coefficient (Wildman–Crippen LogP) is 2.52. The summed E-state index contributed by atoms with van der Waals surface area (Å²) in [6, 6.07) is 0.373. The second kappa shape index (κ2) is 7.81. The van der Waals surface area contributed by atoms with Gasteiger partial charge in [0.1, 0.15) is 0 Å². The minimum Gasteiger partial charge on any atom is -0.339 e. The van der Waals surface area contributed by atoms with Gasteiger partial charge in [-0.05, 0) is 39.0 Å². The first-order valence-electron chi connectivity index (χ1n) is 8.08. The van der Waals surface area contributed by atoms with Gasteiger partial charge in [-0.1, -0.05) is 25.6 Å². The molecule has 1 aromatic heterocycles. The van der Waals surface area contributed by atoms with Crippen LogP contribution < -0.4 is 5.56 Å². The molecule has 1 atom stereocenters. The molecule has 0 aromatic carbocycles. The van der Waals surface area contributed by atoms with Crippen LogP contribution in [0.4, 0.5) is 0 Å². The van der Waals surface area contributed by atoms with Crippen LogP contribution in [0.3, 0.4) is 0 Å². The smallest absolute Gasteiger partial charge is 0.254 e. The average molecular weight is 323 g/mol. The van der Waals surface area contributed by atoms with E-state index in [9.17, 15) is 9.59 Å². The molecule has 2 rings (SSSR count). The van der Waals surface area contributed by atoms with Crippen LogP contribution in [0.5, 0.6) is 0 Å². The van der Waals surface area contributed by atoms with Gasteiger partial charge in [-0.3, -0.25) is 9.59 Å². The van der Waals surface area contributed by atoms with Crippen molar-refractivity contribution in [2.24, 2.45) is 0 Å². The Balaban J connectivity index is 2.00. The third-order valence-corrected chi connectivity index (χ3v) is 5.16. The van der Waals surface area contributed by atoms with Gasteiger partial charge in [0.25, 0.3) is 5.56 Å². The SMILES string of the molecule is CCc1c(C)nc(SCC(=O)N2CCCC[C@@H]2CC)[nH]c1=O. The van der Waals surface area contributed by atoms with Gasteiger partial charge in [-0.25, -0.2) is 4.98 Å². The summed E-state index contributed by atoms with van der Waals surface area (Å²) < 4.78 is 0. The standard InChI is InChI=1S/C16H25N3O2S/c1-4-12-8-6-7-9-19(12)14(20)10-22-16-17-11(3)13(5-2)15(21)18-16/h12H,4-10H2,1-3H3,(H,17,18,21)/t12-/m0/s1. The molecule has 0 unspecified atom stereocenters. The van der Waals surface area contributed by atoms with Crippen LogP contribution in [0.1, 0.15) is 50.8 Å². The normalized spacial score (nSPS) is 18.5. The molecule has 0 aliphatic carbocycles. The highest BCUT2D eigenvalue weighted by Gasteiger charge is 2.25. The number of aromatic amines is 1. The van der Waals surface area contributed by atoms with Crippen LogP contribution >= 0.6 is 11.8 Å². The number of nitrogens with one attached hydrogen (secondary N) is 1. The number of thioether (sulfide) groups is 1. The van der Waals surface area contributed by atoms with Crippen molar-refractivity contribution in [1.29, 1.82) is 0 Å². The second-order valence-corrected chi connectivity index (χ2v) is 6.69. The van der Waals surface area contributed by atoms with Crippen molar-refractivity contribution in [2.75, 3.05) is 12.3 Å². The summed E-state index contributed by atoms with van der Waals surface area (Å²) in [5.74, 6) is 0.487. The topological polar surface area (TPSA) is 66.1 Å². The fourth-order valence-corrected chi connectivity index (χ4v) is 3.83. The maximum absolute atomic E-state index is 12.4. The Morgan fingerprint density at radius 2 is 2.18 bits per heavy atom. The Hall–Kier alpha value is -1.30. The largest absolute Gasteiger partial charge is 0.339 e. The van der Waals surface area contributed by atoms with Crippen LogP contribution in [0, 0.1) is 6.92 Å². The van der Waals surface area contributed by atoms with E-state index in [1.165, 1.54) is 18.2 Å². The summed E-state index contributed by atoms with van der Waals surface area (Å²) in [7, 11) is 0. The average Bonchev–Trinajstić information content (AvgIpc) is 2.52. The van der Waals surface area contributed by atoms with Crippen molar-refractivity contribution < 1.29 is 4.79 Å². The molecule has 2 heterocycles. The summed E-state index contributed by atoms with van der Waals surface area (Å²) in [4.78, 5) is 33.5. The van der Waals surface area contributed by atoms with E-state index in [4.69, 9.17) is 0 Å². The van der Waals surface area contributed by atoms with Gasteiger partial charge in [0, 0.05) is 23.8 Å². The highest BCUT2D eigenvalue weighted by Crippen LogP contribution is 2.21. The molecule has 0 bridgehead atoms. The Bertz CT molecular complexity index is 585. The maximum Gasteiger partial charge on any atom is 0.254 e. The van der Waals surface area contributed by atoms with Crippen molar-refractivity contribution >= 4 is 17.7 Å². The van der Waals surface area contributed by atoms with E-state index in [0.717, 1.165) is 37.1 Å². The molecule has 5 nitrogen and oxygen atoms in total. The van der Waals surface area contributed by atoms with Crippen LogP contribution in [-0.2, 0) is 11.2 Å². The summed E-state index contributed by atoms with van der Waals surface area (Å²) in [6.07, 6.45) is 5.08. The number of H-pyrrole nitrogens is 1. The first-order chi connectivity index (χ1) is 10.6. The van der Waals surface area contributed by atoms with Crippen molar-refractivity contribution in [3.05, 3.63) is 21.6 Å². The lowest BCUT2D eigenvalue weighted by atomic mass is 10.0. The van der Waals surface area contributed by atoms with E-state index in [1.807, 2.05) is 18.7 Å². The molecular formula is C16H25N3O2S. The fourth-order valence-electron chi connectivity index (χ4n) is 3.04. The predicted molar refractivity (Wildman–Crippen MR) is 89.3 cm³/mol. The molecule has 0 spiro atoms. The number of amides is 1. The first kappa shape index (κ1) is 17.1. The molecule has 1 N–H and O–H groups in total. The molecule has 0 radical (unpaired) electrons. The zero-order valence-electron chi connectivity index (χ0n) is 13.6. The summed E-state index contributed by atoms with van der Waals surface area (Å²) in [6.45, 7) is 6.78. The highest BCUT2D eigenvalue weighted by molar-refractivity contribution is 7.99. The number of hydrogen-bond acceptors (Lipinski definition) is 4. The number of likely N-dealkylation sites (tertiary alicyclic amines) is 1. The van der Waals surface area contributed by atoms with Crippen molar-refractivity contribution in [1.82, 2.24) is 14.9 Å². The molecule has 1 fully saturated rings. The summed E-state index contributed by atoms with van der Waals surface area (Å²) in [5.41, 5.74) is 1.39. The van der Waals surface area contributed by atoms with Gasteiger partial charge >= 0.3 is 0 Å². The zero-order chi connectivity index (χ0) is 16.1. The number of aromatic nitrogens is 2. The van der Waals surface area contributed by atoms with Gasteiger partial charge in [-0.2, -0.15) is 0 Å². The summed E-state index contributed by atoms with van der Waals surface area (Å²) in [5, 5.41) is 0.540. The fraction of sp³-hybridized carbons (Fsp3) is 0.688. The van der Waals surface area contributed by atoms with Gasteiger partial charge < -0.3 is 9.88 Å². The molecule has 0 saturated carbocycles. The number of piperidine rings is 1. The lowest BCUT2D eigenvalue weighted by Gasteiger charge is -2.35. The Kier molecular flexibility index (Phi) is 6.06. The maximum atomic E-state index is 12.4. The number of carbonyl (C=O) groups is 1. The molecule has 1 aliphatic heterocycles. The van der Waals surface area contributed by atoms with Gasteiger partial charge in [0.05, 0.1) is 5.75 Å². The molecule has 122 valence electrons. The van der Waals surface area contributed by atoms with E-state index in [1.54, 1.807) is 0 Å². The lowest BCUT2D eigenvalue weighted by Crippen LogP contribution is -2.44. The third-order valence-electron chi connectivity index (χ3n) is 4.31. The van der Waals surface area contributed by atoms with Crippen LogP contribution in [0.25, 0.3) is 0 Å².